The molecule has 2 aromatic rings. The van der Waals surface area contributed by atoms with E-state index in [1.54, 1.807) is 0 Å². The van der Waals surface area contributed by atoms with Crippen molar-refractivity contribution in [1.82, 2.24) is 10.6 Å². The highest BCUT2D eigenvalue weighted by atomic mass is 16.3. The van der Waals surface area contributed by atoms with Crippen molar-refractivity contribution in [2.45, 2.75) is 39.8 Å². The molecule has 1 atom stereocenters. The monoisotopic (exact) mass is 326 g/mol. The molecule has 1 unspecified atom stereocenters. The van der Waals surface area contributed by atoms with Crippen molar-refractivity contribution in [3.63, 3.8) is 0 Å². The fraction of sp³-hybridized carbons (Fsp3) is 0.350. The van der Waals surface area contributed by atoms with Crippen LogP contribution in [0.25, 0.3) is 0 Å². The Morgan fingerprint density at radius 2 is 1.75 bits per heavy atom. The van der Waals surface area contributed by atoms with Crippen molar-refractivity contribution < 1.29 is 9.90 Å². The molecule has 2 rings (SSSR count). The van der Waals surface area contributed by atoms with Crippen molar-refractivity contribution >= 4 is 6.03 Å². The van der Waals surface area contributed by atoms with Crippen molar-refractivity contribution in [1.29, 1.82) is 0 Å². The Labute approximate surface area is 143 Å². The van der Waals surface area contributed by atoms with Gasteiger partial charge in [-0.25, -0.2) is 4.79 Å². The third-order valence-electron chi connectivity index (χ3n) is 4.37. The molecule has 3 N–H and O–H groups in total. The van der Waals surface area contributed by atoms with Crippen LogP contribution in [0.1, 0.15) is 40.8 Å². The maximum atomic E-state index is 12.1. The van der Waals surface area contributed by atoms with Gasteiger partial charge in [0.2, 0.25) is 0 Å². The lowest BCUT2D eigenvalue weighted by molar-refractivity contribution is 0.238. The fourth-order valence-electron chi connectivity index (χ4n) is 2.70. The number of amides is 2. The zero-order valence-electron chi connectivity index (χ0n) is 14.6. The van der Waals surface area contributed by atoms with Crippen LogP contribution >= 0.6 is 0 Å². The van der Waals surface area contributed by atoms with E-state index >= 15 is 0 Å². The number of rotatable bonds is 6. The first-order chi connectivity index (χ1) is 11.5. The van der Waals surface area contributed by atoms with Gasteiger partial charge in [-0.15, -0.1) is 0 Å². The van der Waals surface area contributed by atoms with Gasteiger partial charge in [0.25, 0.3) is 0 Å². The average molecular weight is 326 g/mol. The van der Waals surface area contributed by atoms with E-state index in [2.05, 4.69) is 36.6 Å². The predicted molar refractivity (Wildman–Crippen MR) is 96.9 cm³/mol. The molecule has 4 heteroatoms. The number of carbonyl (C=O) groups excluding carboxylic acids is 1. The van der Waals surface area contributed by atoms with Gasteiger partial charge < -0.3 is 15.7 Å². The summed E-state index contributed by atoms with van der Waals surface area (Å²) in [6.07, 6.45) is 0.761. The standard InChI is InChI=1S/C20H26N2O2/c1-14-5-4-6-19(15(14)2)16(3)22-20(24)21-12-11-17-7-9-18(13-23)10-8-17/h4-10,16,23H,11-13H2,1-3H3,(H2,21,22,24). The van der Waals surface area contributed by atoms with Crippen LogP contribution < -0.4 is 10.6 Å². The van der Waals surface area contributed by atoms with Gasteiger partial charge in [-0.3, -0.25) is 0 Å². The van der Waals surface area contributed by atoms with E-state index in [0.717, 1.165) is 23.1 Å². The third kappa shape index (κ3) is 4.83. The molecule has 2 amide bonds. The molecule has 0 heterocycles. The molecule has 24 heavy (non-hydrogen) atoms. The normalized spacial score (nSPS) is 11.8. The molecule has 0 spiro atoms. The van der Waals surface area contributed by atoms with Crippen molar-refractivity contribution in [3.8, 4) is 0 Å². The minimum Gasteiger partial charge on any atom is -0.392 e. The van der Waals surface area contributed by atoms with Crippen LogP contribution in [0.2, 0.25) is 0 Å². The second-order valence-corrected chi connectivity index (χ2v) is 6.14. The summed E-state index contributed by atoms with van der Waals surface area (Å²) < 4.78 is 0. The van der Waals surface area contributed by atoms with Crippen molar-refractivity contribution in [3.05, 3.63) is 70.3 Å². The largest absolute Gasteiger partial charge is 0.392 e. The highest BCUT2D eigenvalue weighted by molar-refractivity contribution is 5.74. The maximum Gasteiger partial charge on any atom is 0.315 e. The first-order valence-electron chi connectivity index (χ1n) is 8.30. The molecule has 0 radical (unpaired) electrons. The molecular formula is C20H26N2O2. The lowest BCUT2D eigenvalue weighted by Gasteiger charge is -2.18. The van der Waals surface area contributed by atoms with E-state index in [4.69, 9.17) is 5.11 Å². The quantitative estimate of drug-likeness (QED) is 0.762. The molecule has 2 aromatic carbocycles. The van der Waals surface area contributed by atoms with Crippen molar-refractivity contribution in [2.75, 3.05) is 6.54 Å². The minimum absolute atomic E-state index is 0.0336. The minimum atomic E-state index is -0.157. The van der Waals surface area contributed by atoms with E-state index in [-0.39, 0.29) is 18.7 Å². The summed E-state index contributed by atoms with van der Waals surface area (Å²) in [4.78, 5) is 12.1. The predicted octanol–water partition coefficient (Wildman–Crippen LogP) is 3.40. The highest BCUT2D eigenvalue weighted by Gasteiger charge is 2.12. The van der Waals surface area contributed by atoms with Crippen LogP contribution in [-0.4, -0.2) is 17.7 Å². The number of nitrogens with one attached hydrogen (secondary N) is 2. The Hall–Kier alpha value is -2.33. The Balaban J connectivity index is 1.81. The average Bonchev–Trinajstić information content (AvgIpc) is 2.57. The summed E-state index contributed by atoms with van der Waals surface area (Å²) in [5, 5.41) is 14.9. The number of carbonyl (C=O) groups is 1. The zero-order chi connectivity index (χ0) is 17.5. The van der Waals surface area contributed by atoms with Gasteiger partial charge in [0, 0.05) is 6.54 Å². The molecule has 0 saturated carbocycles. The van der Waals surface area contributed by atoms with Gasteiger partial charge >= 0.3 is 6.03 Å². The summed E-state index contributed by atoms with van der Waals surface area (Å²) >= 11 is 0. The Kier molecular flexibility index (Phi) is 6.38. The zero-order valence-corrected chi connectivity index (χ0v) is 14.6. The second-order valence-electron chi connectivity index (χ2n) is 6.14. The van der Waals surface area contributed by atoms with Crippen LogP contribution in [0.5, 0.6) is 0 Å². The van der Waals surface area contributed by atoms with Crippen LogP contribution in [0.3, 0.4) is 0 Å². The van der Waals surface area contributed by atoms with Gasteiger partial charge in [0.05, 0.1) is 12.6 Å². The van der Waals surface area contributed by atoms with Crippen molar-refractivity contribution in [2.24, 2.45) is 0 Å². The number of aliphatic hydroxyl groups excluding tert-OH is 1. The molecule has 0 aliphatic heterocycles. The molecule has 0 aliphatic carbocycles. The van der Waals surface area contributed by atoms with Gasteiger partial charge in [0.15, 0.2) is 0 Å². The fourth-order valence-corrected chi connectivity index (χ4v) is 2.70. The molecule has 0 fully saturated rings. The highest BCUT2D eigenvalue weighted by Crippen LogP contribution is 2.19. The molecular weight excluding hydrogens is 300 g/mol. The molecule has 0 aromatic heterocycles. The summed E-state index contributed by atoms with van der Waals surface area (Å²) in [6, 6.07) is 13.7. The smallest absolute Gasteiger partial charge is 0.315 e. The van der Waals surface area contributed by atoms with Gasteiger partial charge in [0.1, 0.15) is 0 Å². The van der Waals surface area contributed by atoms with Crippen LogP contribution in [-0.2, 0) is 13.0 Å². The maximum absolute atomic E-state index is 12.1. The Morgan fingerprint density at radius 3 is 2.42 bits per heavy atom. The first-order valence-corrected chi connectivity index (χ1v) is 8.30. The SMILES string of the molecule is Cc1cccc(C(C)NC(=O)NCCc2ccc(CO)cc2)c1C. The van der Waals surface area contributed by atoms with Gasteiger partial charge in [-0.05, 0) is 55.0 Å². The van der Waals surface area contributed by atoms with Gasteiger partial charge in [-0.1, -0.05) is 42.5 Å². The lowest BCUT2D eigenvalue weighted by atomic mass is 9.98. The van der Waals surface area contributed by atoms with E-state index in [9.17, 15) is 4.79 Å². The lowest BCUT2D eigenvalue weighted by Crippen LogP contribution is -2.38. The van der Waals surface area contributed by atoms with E-state index in [1.807, 2.05) is 37.3 Å². The van der Waals surface area contributed by atoms with Crippen LogP contribution in [0.4, 0.5) is 4.79 Å². The number of urea groups is 1. The topological polar surface area (TPSA) is 61.4 Å². The summed E-state index contributed by atoms with van der Waals surface area (Å²) in [7, 11) is 0. The number of aryl methyl sites for hydroxylation is 1. The number of hydrogen-bond acceptors (Lipinski definition) is 2. The number of hydrogen-bond donors (Lipinski definition) is 3. The summed E-state index contributed by atoms with van der Waals surface area (Å²) in [6.45, 7) is 6.78. The molecule has 0 aliphatic rings. The number of aliphatic hydroxyl groups is 1. The van der Waals surface area contributed by atoms with E-state index in [0.29, 0.717) is 6.54 Å². The molecule has 4 nitrogen and oxygen atoms in total. The first kappa shape index (κ1) is 18.0. The Bertz CT molecular complexity index is 681. The summed E-state index contributed by atoms with van der Waals surface area (Å²) in [5.74, 6) is 0. The van der Waals surface area contributed by atoms with Crippen LogP contribution in [0, 0.1) is 13.8 Å². The van der Waals surface area contributed by atoms with Crippen LogP contribution in [0.15, 0.2) is 42.5 Å². The summed E-state index contributed by atoms with van der Waals surface area (Å²) in [5.41, 5.74) is 5.62. The van der Waals surface area contributed by atoms with E-state index in [1.165, 1.54) is 11.1 Å². The molecule has 128 valence electrons. The molecule has 0 bridgehead atoms. The second kappa shape index (κ2) is 8.50. The third-order valence-corrected chi connectivity index (χ3v) is 4.37. The van der Waals surface area contributed by atoms with Gasteiger partial charge in [-0.2, -0.15) is 0 Å². The van der Waals surface area contributed by atoms with E-state index < -0.39 is 0 Å². The Morgan fingerprint density at radius 1 is 1.08 bits per heavy atom. The molecule has 0 saturated heterocycles. The number of benzene rings is 2.